The maximum Gasteiger partial charge on any atom is 0.0905 e. The van der Waals surface area contributed by atoms with Gasteiger partial charge in [-0.15, -0.1) is 0 Å². The second-order valence-corrected chi connectivity index (χ2v) is 5.58. The van der Waals surface area contributed by atoms with E-state index in [9.17, 15) is 5.11 Å². The highest BCUT2D eigenvalue weighted by Crippen LogP contribution is 2.31. The number of fused-ring (bicyclic) bond motifs is 1. The Bertz CT molecular complexity index is 587. The molecule has 0 spiro atoms. The minimum atomic E-state index is -0.924. The fraction of sp³-hybridized carbons (Fsp3) is 0.438. The second-order valence-electron chi connectivity index (χ2n) is 5.58. The van der Waals surface area contributed by atoms with Crippen LogP contribution in [0.5, 0.6) is 0 Å². The number of hydrogen-bond donors (Lipinski definition) is 2. The summed E-state index contributed by atoms with van der Waals surface area (Å²) in [6.07, 6.45) is 2.38. The Hall–Kier alpha value is -1.49. The molecular formula is C16H20N2O2. The van der Waals surface area contributed by atoms with Gasteiger partial charge in [0.05, 0.1) is 24.3 Å². The van der Waals surface area contributed by atoms with Gasteiger partial charge in [-0.2, -0.15) is 0 Å². The summed E-state index contributed by atoms with van der Waals surface area (Å²) >= 11 is 0. The lowest BCUT2D eigenvalue weighted by Gasteiger charge is -2.32. The molecule has 1 aliphatic rings. The number of aliphatic hydroxyl groups is 1. The zero-order chi connectivity index (χ0) is 14.0. The topological polar surface area (TPSA) is 54.4 Å². The fourth-order valence-electron chi connectivity index (χ4n) is 2.88. The van der Waals surface area contributed by atoms with Crippen LogP contribution in [0.15, 0.2) is 36.5 Å². The van der Waals surface area contributed by atoms with Gasteiger partial charge in [-0.05, 0) is 19.4 Å². The van der Waals surface area contributed by atoms with Gasteiger partial charge in [0.1, 0.15) is 0 Å². The number of morpholine rings is 1. The van der Waals surface area contributed by atoms with E-state index in [1.165, 1.54) is 0 Å². The zero-order valence-corrected chi connectivity index (χ0v) is 11.7. The number of rotatable bonds is 3. The van der Waals surface area contributed by atoms with Crippen LogP contribution in [-0.2, 0) is 10.3 Å². The van der Waals surface area contributed by atoms with Crippen molar-refractivity contribution in [2.24, 2.45) is 0 Å². The van der Waals surface area contributed by atoms with E-state index in [1.807, 2.05) is 37.3 Å². The lowest BCUT2D eigenvalue weighted by Crippen LogP contribution is -2.45. The van der Waals surface area contributed by atoms with Crippen molar-refractivity contribution < 1.29 is 9.84 Å². The molecule has 0 radical (unpaired) electrons. The third-order valence-electron chi connectivity index (χ3n) is 3.86. The minimum Gasteiger partial charge on any atom is -0.385 e. The molecule has 2 atom stereocenters. The number of pyridine rings is 1. The summed E-state index contributed by atoms with van der Waals surface area (Å²) in [5.41, 5.74) is 0.825. The van der Waals surface area contributed by atoms with Crippen molar-refractivity contribution in [3.63, 3.8) is 0 Å². The largest absolute Gasteiger partial charge is 0.385 e. The van der Waals surface area contributed by atoms with Crippen LogP contribution in [0.2, 0.25) is 0 Å². The van der Waals surface area contributed by atoms with Gasteiger partial charge in [-0.25, -0.2) is 0 Å². The third kappa shape index (κ3) is 2.68. The smallest absolute Gasteiger partial charge is 0.0905 e. The average Bonchev–Trinajstić information content (AvgIpc) is 2.47. The highest BCUT2D eigenvalue weighted by Gasteiger charge is 2.30. The highest BCUT2D eigenvalue weighted by atomic mass is 16.5. The van der Waals surface area contributed by atoms with Crippen LogP contribution in [0.4, 0.5) is 0 Å². The van der Waals surface area contributed by atoms with E-state index >= 15 is 0 Å². The first-order valence-electron chi connectivity index (χ1n) is 7.04. The Kier molecular flexibility index (Phi) is 3.70. The molecule has 2 heterocycles. The number of benzene rings is 1. The summed E-state index contributed by atoms with van der Waals surface area (Å²) in [5.74, 6) is 0. The third-order valence-corrected chi connectivity index (χ3v) is 3.86. The molecule has 1 saturated heterocycles. The van der Waals surface area contributed by atoms with E-state index in [2.05, 4.69) is 10.3 Å². The summed E-state index contributed by atoms with van der Waals surface area (Å²) in [7, 11) is 0. The van der Waals surface area contributed by atoms with Crippen LogP contribution in [0, 0.1) is 0 Å². The number of para-hydroxylation sites is 1. The van der Waals surface area contributed by atoms with E-state index in [4.69, 9.17) is 4.74 Å². The summed E-state index contributed by atoms with van der Waals surface area (Å²) < 4.78 is 5.46. The highest BCUT2D eigenvalue weighted by molar-refractivity contribution is 5.82. The maximum absolute atomic E-state index is 10.9. The summed E-state index contributed by atoms with van der Waals surface area (Å²) in [6, 6.07) is 10.1. The first-order chi connectivity index (χ1) is 9.67. The molecule has 0 bridgehead atoms. The van der Waals surface area contributed by atoms with E-state index in [0.717, 1.165) is 29.6 Å². The maximum atomic E-state index is 10.9. The van der Waals surface area contributed by atoms with Gasteiger partial charge in [0.2, 0.25) is 0 Å². The predicted octanol–water partition coefficient (Wildman–Crippen LogP) is 1.82. The van der Waals surface area contributed by atoms with Crippen LogP contribution in [0.3, 0.4) is 0 Å². The molecule has 4 nitrogen and oxygen atoms in total. The molecule has 1 fully saturated rings. The molecule has 1 aliphatic heterocycles. The van der Waals surface area contributed by atoms with E-state index in [1.54, 1.807) is 6.20 Å². The van der Waals surface area contributed by atoms with Crippen LogP contribution in [-0.4, -0.2) is 35.9 Å². The number of aromatic nitrogens is 1. The molecule has 20 heavy (non-hydrogen) atoms. The Balaban J connectivity index is 1.91. The molecule has 1 aromatic carbocycles. The zero-order valence-electron chi connectivity index (χ0n) is 11.7. The van der Waals surface area contributed by atoms with Crippen molar-refractivity contribution in [2.45, 2.75) is 25.0 Å². The van der Waals surface area contributed by atoms with Gasteiger partial charge in [0, 0.05) is 29.7 Å². The number of hydrogen-bond acceptors (Lipinski definition) is 4. The second kappa shape index (κ2) is 5.48. The molecule has 1 aromatic heterocycles. The van der Waals surface area contributed by atoms with Gasteiger partial charge in [-0.3, -0.25) is 4.98 Å². The van der Waals surface area contributed by atoms with Gasteiger partial charge >= 0.3 is 0 Å². The number of ether oxygens (including phenoxy) is 1. The molecule has 0 aliphatic carbocycles. The SMILES string of the molecule is CC(O)(CC1COCCN1)c1cccc2cccnc12. The standard InChI is InChI=1S/C16H20N2O2/c1-16(19,10-13-11-20-9-8-17-13)14-6-2-4-12-5-3-7-18-15(12)14/h2-7,13,17,19H,8-11H2,1H3. The Morgan fingerprint density at radius 2 is 2.25 bits per heavy atom. The molecule has 0 saturated carbocycles. The quantitative estimate of drug-likeness (QED) is 0.895. The first-order valence-corrected chi connectivity index (χ1v) is 7.04. The van der Waals surface area contributed by atoms with Crippen LogP contribution in [0.25, 0.3) is 10.9 Å². The minimum absolute atomic E-state index is 0.178. The molecule has 4 heteroatoms. The molecule has 106 valence electrons. The number of nitrogens with one attached hydrogen (secondary N) is 1. The number of nitrogens with zero attached hydrogens (tertiary/aromatic N) is 1. The molecule has 2 N–H and O–H groups in total. The predicted molar refractivity (Wildman–Crippen MR) is 78.5 cm³/mol. The molecule has 2 unspecified atom stereocenters. The van der Waals surface area contributed by atoms with E-state index in [0.29, 0.717) is 13.0 Å². The summed E-state index contributed by atoms with van der Waals surface area (Å²) in [5, 5.41) is 15.3. The van der Waals surface area contributed by atoms with Crippen LogP contribution >= 0.6 is 0 Å². The monoisotopic (exact) mass is 272 g/mol. The van der Waals surface area contributed by atoms with Crippen molar-refractivity contribution in [1.82, 2.24) is 10.3 Å². The van der Waals surface area contributed by atoms with Crippen LogP contribution in [0.1, 0.15) is 18.9 Å². The van der Waals surface area contributed by atoms with E-state index in [-0.39, 0.29) is 6.04 Å². The average molecular weight is 272 g/mol. The molecular weight excluding hydrogens is 252 g/mol. The lowest BCUT2D eigenvalue weighted by molar-refractivity contribution is 0.00403. The normalized spacial score (nSPS) is 22.6. The fourth-order valence-corrected chi connectivity index (χ4v) is 2.88. The van der Waals surface area contributed by atoms with Gasteiger partial charge in [-0.1, -0.05) is 24.3 Å². The van der Waals surface area contributed by atoms with Crippen molar-refractivity contribution in [3.8, 4) is 0 Å². The van der Waals surface area contributed by atoms with Crippen molar-refractivity contribution in [3.05, 3.63) is 42.1 Å². The van der Waals surface area contributed by atoms with Crippen molar-refractivity contribution in [2.75, 3.05) is 19.8 Å². The van der Waals surface area contributed by atoms with E-state index < -0.39 is 5.60 Å². The Morgan fingerprint density at radius 1 is 1.40 bits per heavy atom. The summed E-state index contributed by atoms with van der Waals surface area (Å²) in [4.78, 5) is 4.43. The van der Waals surface area contributed by atoms with Gasteiger partial charge in [0.25, 0.3) is 0 Å². The Labute approximate surface area is 118 Å². The Morgan fingerprint density at radius 3 is 3.05 bits per heavy atom. The van der Waals surface area contributed by atoms with Gasteiger partial charge in [0.15, 0.2) is 0 Å². The van der Waals surface area contributed by atoms with Crippen LogP contribution < -0.4 is 5.32 Å². The first kappa shape index (κ1) is 13.5. The molecule has 2 aromatic rings. The van der Waals surface area contributed by atoms with Gasteiger partial charge < -0.3 is 15.2 Å². The summed E-state index contributed by atoms with van der Waals surface area (Å²) in [6.45, 7) is 4.09. The van der Waals surface area contributed by atoms with Crippen molar-refractivity contribution in [1.29, 1.82) is 0 Å². The van der Waals surface area contributed by atoms with Crippen molar-refractivity contribution >= 4 is 10.9 Å². The lowest BCUT2D eigenvalue weighted by atomic mass is 9.87. The molecule has 0 amide bonds. The molecule has 3 rings (SSSR count).